The first-order valence-electron chi connectivity index (χ1n) is 7.58. The van der Waals surface area contributed by atoms with Crippen LogP contribution in [0.5, 0.6) is 11.5 Å². The first kappa shape index (κ1) is 23.3. The monoisotopic (exact) mass is 515 g/mol. The zero-order valence-electron chi connectivity index (χ0n) is 14.6. The topological polar surface area (TPSA) is 64.1 Å². The number of guanidine groups is 1. The SMILES string of the molecule is CCOCCCNC(=NC)NCc1cc(OC)c(OC)cc1Br.I. The molecule has 0 aliphatic carbocycles. The Kier molecular flexibility index (Phi) is 13.1. The van der Waals surface area contributed by atoms with Gasteiger partial charge in [0, 0.05) is 37.8 Å². The third-order valence-electron chi connectivity index (χ3n) is 3.18. The van der Waals surface area contributed by atoms with E-state index in [2.05, 4.69) is 31.6 Å². The molecule has 1 rings (SSSR count). The fourth-order valence-corrected chi connectivity index (χ4v) is 2.42. The Labute approximate surface area is 169 Å². The molecule has 0 saturated heterocycles. The van der Waals surface area contributed by atoms with Gasteiger partial charge in [0.25, 0.3) is 0 Å². The maximum Gasteiger partial charge on any atom is 0.191 e. The molecule has 8 heteroatoms. The molecule has 0 spiro atoms. The van der Waals surface area contributed by atoms with Crippen molar-refractivity contribution in [2.75, 3.05) is 41.0 Å². The zero-order valence-corrected chi connectivity index (χ0v) is 18.6. The summed E-state index contributed by atoms with van der Waals surface area (Å²) >= 11 is 3.55. The predicted molar refractivity (Wildman–Crippen MR) is 112 cm³/mol. The first-order valence-corrected chi connectivity index (χ1v) is 8.38. The summed E-state index contributed by atoms with van der Waals surface area (Å²) in [7, 11) is 5.00. The van der Waals surface area contributed by atoms with Crippen molar-refractivity contribution in [2.24, 2.45) is 4.99 Å². The first-order chi connectivity index (χ1) is 11.2. The Bertz CT molecular complexity index is 516. The fraction of sp³-hybridized carbons (Fsp3) is 0.562. The summed E-state index contributed by atoms with van der Waals surface area (Å²) < 4.78 is 16.9. The van der Waals surface area contributed by atoms with Gasteiger partial charge in [0.1, 0.15) is 0 Å². The zero-order chi connectivity index (χ0) is 17.1. The van der Waals surface area contributed by atoms with Gasteiger partial charge in [0.2, 0.25) is 0 Å². The van der Waals surface area contributed by atoms with Gasteiger partial charge in [-0.05, 0) is 31.0 Å². The van der Waals surface area contributed by atoms with Crippen LogP contribution in [0.2, 0.25) is 0 Å². The molecule has 6 nitrogen and oxygen atoms in total. The lowest BCUT2D eigenvalue weighted by Gasteiger charge is -2.15. The van der Waals surface area contributed by atoms with Crippen LogP contribution in [0.3, 0.4) is 0 Å². The van der Waals surface area contributed by atoms with E-state index in [1.807, 2.05) is 19.1 Å². The number of nitrogens with one attached hydrogen (secondary N) is 2. The maximum absolute atomic E-state index is 5.33. The van der Waals surface area contributed by atoms with Crippen LogP contribution in [0.1, 0.15) is 18.9 Å². The Morgan fingerprint density at radius 1 is 1.17 bits per heavy atom. The molecule has 0 heterocycles. The highest BCUT2D eigenvalue weighted by atomic mass is 127. The molecular weight excluding hydrogens is 489 g/mol. The van der Waals surface area contributed by atoms with Crippen LogP contribution in [0.25, 0.3) is 0 Å². The highest BCUT2D eigenvalue weighted by molar-refractivity contribution is 14.0. The summed E-state index contributed by atoms with van der Waals surface area (Å²) in [5.41, 5.74) is 1.06. The number of halogens is 2. The lowest BCUT2D eigenvalue weighted by Crippen LogP contribution is -2.37. The van der Waals surface area contributed by atoms with Crippen LogP contribution in [0.4, 0.5) is 0 Å². The van der Waals surface area contributed by atoms with E-state index in [0.717, 1.165) is 42.2 Å². The van der Waals surface area contributed by atoms with Crippen molar-refractivity contribution in [1.29, 1.82) is 0 Å². The van der Waals surface area contributed by atoms with Crippen LogP contribution >= 0.6 is 39.9 Å². The van der Waals surface area contributed by atoms with E-state index in [9.17, 15) is 0 Å². The van der Waals surface area contributed by atoms with Crippen LogP contribution in [-0.4, -0.2) is 47.0 Å². The average molecular weight is 516 g/mol. The lowest BCUT2D eigenvalue weighted by atomic mass is 10.2. The third-order valence-corrected chi connectivity index (χ3v) is 3.92. The minimum atomic E-state index is 0. The number of aliphatic imine (C=N–C) groups is 1. The largest absolute Gasteiger partial charge is 0.493 e. The van der Waals surface area contributed by atoms with Gasteiger partial charge < -0.3 is 24.8 Å². The van der Waals surface area contributed by atoms with Crippen molar-refractivity contribution < 1.29 is 14.2 Å². The second-order valence-electron chi connectivity index (χ2n) is 4.70. The molecule has 0 aliphatic rings. The van der Waals surface area contributed by atoms with Gasteiger partial charge in [0.15, 0.2) is 17.5 Å². The third kappa shape index (κ3) is 7.89. The fourth-order valence-electron chi connectivity index (χ4n) is 1.96. The van der Waals surface area contributed by atoms with E-state index in [1.54, 1.807) is 21.3 Å². The predicted octanol–water partition coefficient (Wildman–Crippen LogP) is 3.18. The van der Waals surface area contributed by atoms with Crippen molar-refractivity contribution in [1.82, 2.24) is 10.6 Å². The Morgan fingerprint density at radius 3 is 2.42 bits per heavy atom. The van der Waals surface area contributed by atoms with E-state index in [1.165, 1.54) is 0 Å². The van der Waals surface area contributed by atoms with Crippen molar-refractivity contribution in [3.05, 3.63) is 22.2 Å². The minimum Gasteiger partial charge on any atom is -0.493 e. The molecule has 0 aliphatic heterocycles. The molecule has 0 amide bonds. The molecule has 0 bridgehead atoms. The maximum atomic E-state index is 5.33. The van der Waals surface area contributed by atoms with Crippen molar-refractivity contribution in [2.45, 2.75) is 19.9 Å². The molecule has 0 saturated carbocycles. The van der Waals surface area contributed by atoms with E-state index >= 15 is 0 Å². The number of ether oxygens (including phenoxy) is 3. The van der Waals surface area contributed by atoms with Gasteiger partial charge in [-0.25, -0.2) is 0 Å². The molecule has 0 fully saturated rings. The number of methoxy groups -OCH3 is 2. The van der Waals surface area contributed by atoms with Crippen molar-refractivity contribution >= 4 is 45.9 Å². The lowest BCUT2D eigenvalue weighted by molar-refractivity contribution is 0.145. The summed E-state index contributed by atoms with van der Waals surface area (Å²) in [6.07, 6.45) is 0.939. The van der Waals surface area contributed by atoms with Gasteiger partial charge in [-0.3, -0.25) is 4.99 Å². The second-order valence-corrected chi connectivity index (χ2v) is 5.56. The summed E-state index contributed by atoms with van der Waals surface area (Å²) in [4.78, 5) is 4.21. The van der Waals surface area contributed by atoms with E-state index in [0.29, 0.717) is 18.0 Å². The van der Waals surface area contributed by atoms with E-state index < -0.39 is 0 Å². The molecule has 24 heavy (non-hydrogen) atoms. The molecule has 0 aromatic heterocycles. The van der Waals surface area contributed by atoms with Crippen molar-refractivity contribution in [3.8, 4) is 11.5 Å². The average Bonchev–Trinajstić information content (AvgIpc) is 2.57. The van der Waals surface area contributed by atoms with Gasteiger partial charge in [-0.1, -0.05) is 15.9 Å². The number of hydrogen-bond donors (Lipinski definition) is 2. The smallest absolute Gasteiger partial charge is 0.191 e. The highest BCUT2D eigenvalue weighted by Crippen LogP contribution is 2.33. The summed E-state index contributed by atoms with van der Waals surface area (Å²) in [6, 6.07) is 3.84. The molecule has 2 N–H and O–H groups in total. The molecule has 1 aromatic carbocycles. The molecule has 0 radical (unpaired) electrons. The number of rotatable bonds is 9. The molecule has 0 atom stereocenters. The summed E-state index contributed by atoms with van der Waals surface area (Å²) in [6.45, 7) is 4.93. The normalized spacial score (nSPS) is 10.8. The number of hydrogen-bond acceptors (Lipinski definition) is 4. The van der Waals surface area contributed by atoms with Crippen molar-refractivity contribution in [3.63, 3.8) is 0 Å². The van der Waals surface area contributed by atoms with Gasteiger partial charge in [-0.15, -0.1) is 24.0 Å². The van der Waals surface area contributed by atoms with E-state index in [4.69, 9.17) is 14.2 Å². The van der Waals surface area contributed by atoms with Crippen LogP contribution in [0, 0.1) is 0 Å². The number of benzene rings is 1. The molecular formula is C16H27BrIN3O3. The molecule has 138 valence electrons. The van der Waals surface area contributed by atoms with Crippen LogP contribution < -0.4 is 20.1 Å². The van der Waals surface area contributed by atoms with Gasteiger partial charge in [-0.2, -0.15) is 0 Å². The molecule has 1 aromatic rings. The van der Waals surface area contributed by atoms with Crippen LogP contribution in [-0.2, 0) is 11.3 Å². The summed E-state index contributed by atoms with van der Waals surface area (Å²) in [5, 5.41) is 6.53. The number of nitrogens with zero attached hydrogens (tertiary/aromatic N) is 1. The quantitative estimate of drug-likeness (QED) is 0.229. The van der Waals surface area contributed by atoms with E-state index in [-0.39, 0.29) is 24.0 Å². The van der Waals surface area contributed by atoms with Gasteiger partial charge >= 0.3 is 0 Å². The minimum absolute atomic E-state index is 0. The van der Waals surface area contributed by atoms with Crippen LogP contribution in [0.15, 0.2) is 21.6 Å². The Morgan fingerprint density at radius 2 is 1.83 bits per heavy atom. The summed E-state index contributed by atoms with van der Waals surface area (Å²) in [5.74, 6) is 2.15. The second kappa shape index (κ2) is 13.5. The Hall–Kier alpha value is -0.740. The molecule has 0 unspecified atom stereocenters. The van der Waals surface area contributed by atoms with Gasteiger partial charge in [0.05, 0.1) is 14.2 Å². The standard InChI is InChI=1S/C16H26BrN3O3.HI/c1-5-23-8-6-7-19-16(18-2)20-11-12-9-14(21-3)15(22-4)10-13(12)17;/h9-10H,5-8,11H2,1-4H3,(H2,18,19,20);1H. The highest BCUT2D eigenvalue weighted by Gasteiger charge is 2.10. The Balaban J connectivity index is 0.00000529.